The second kappa shape index (κ2) is 6.68. The number of hydrogen-bond acceptors (Lipinski definition) is 3. The zero-order valence-corrected chi connectivity index (χ0v) is 16.8. The number of hydrogen-bond donors (Lipinski definition) is 0. The third kappa shape index (κ3) is 2.78. The van der Waals surface area contributed by atoms with E-state index < -0.39 is 0 Å². The number of esters is 1. The van der Waals surface area contributed by atoms with Crippen LogP contribution < -0.4 is 0 Å². The number of allylic oxidation sites excluding steroid dienone is 3. The molecule has 3 aliphatic carbocycles. The molecule has 29 heavy (non-hydrogen) atoms. The predicted molar refractivity (Wildman–Crippen MR) is 109 cm³/mol. The Morgan fingerprint density at radius 3 is 2.83 bits per heavy atom. The fourth-order valence-electron chi connectivity index (χ4n) is 5.65. The van der Waals surface area contributed by atoms with E-state index in [1.807, 2.05) is 10.9 Å². The van der Waals surface area contributed by atoms with Crippen LogP contribution in [0.5, 0.6) is 0 Å². The molecule has 0 N–H and O–H groups in total. The third-order valence-electron chi connectivity index (χ3n) is 7.11. The van der Waals surface area contributed by atoms with E-state index in [1.54, 1.807) is 12.1 Å². The van der Waals surface area contributed by atoms with Crippen LogP contribution >= 0.6 is 0 Å². The molecule has 3 atom stereocenters. The Bertz CT molecular complexity index is 1030. The molecule has 0 amide bonds. The topological polar surface area (TPSA) is 44.1 Å². The molecule has 5 rings (SSSR count). The molecule has 1 heterocycles. The van der Waals surface area contributed by atoms with Crippen molar-refractivity contribution in [1.29, 1.82) is 0 Å². The van der Waals surface area contributed by atoms with Crippen molar-refractivity contribution in [2.75, 3.05) is 7.11 Å². The fourth-order valence-corrected chi connectivity index (χ4v) is 5.65. The first-order valence-corrected chi connectivity index (χ1v) is 10.3. The van der Waals surface area contributed by atoms with Crippen molar-refractivity contribution in [3.8, 4) is 5.69 Å². The molecule has 5 heteroatoms. The zero-order chi connectivity index (χ0) is 20.2. The lowest BCUT2D eigenvalue weighted by Crippen LogP contribution is -2.41. The van der Waals surface area contributed by atoms with Gasteiger partial charge in [0.2, 0.25) is 0 Å². The highest BCUT2D eigenvalue weighted by Crippen LogP contribution is 2.56. The summed E-state index contributed by atoms with van der Waals surface area (Å²) in [7, 11) is 1.49. The average Bonchev–Trinajstić information content (AvgIpc) is 3.13. The number of halogens is 1. The molecule has 1 fully saturated rings. The summed E-state index contributed by atoms with van der Waals surface area (Å²) in [5.41, 5.74) is 5.88. The van der Waals surface area contributed by atoms with Crippen LogP contribution in [0.15, 0.2) is 47.7 Å². The van der Waals surface area contributed by atoms with Gasteiger partial charge in [-0.15, -0.1) is 0 Å². The summed E-state index contributed by atoms with van der Waals surface area (Å²) >= 11 is 0. The standard InChI is InChI=1S/C24H25FN2O2/c1-24-13-15-14-26-27(18-9-7-17(25)8-10-18)22(15)12-16(24)6-11-19-20(23(28)29-2)4-3-5-21(19)24/h5,7-10,12,14,19-20H,3-4,6,11,13H2,1-2H3/t19?,20?,24-/m0/s1. The van der Waals surface area contributed by atoms with Gasteiger partial charge in [0.25, 0.3) is 0 Å². The summed E-state index contributed by atoms with van der Waals surface area (Å²) in [4.78, 5) is 12.4. The number of carbonyl (C=O) groups excluding carboxylic acids is 1. The van der Waals surface area contributed by atoms with Crippen LogP contribution in [0, 0.1) is 23.1 Å². The second-order valence-electron chi connectivity index (χ2n) is 8.63. The van der Waals surface area contributed by atoms with E-state index in [2.05, 4.69) is 24.2 Å². The minimum atomic E-state index is -0.247. The molecule has 3 aliphatic rings. The number of carbonyl (C=O) groups is 1. The van der Waals surface area contributed by atoms with Crippen LogP contribution in [0.3, 0.4) is 0 Å². The minimum absolute atomic E-state index is 0.0262. The van der Waals surface area contributed by atoms with Gasteiger partial charge in [-0.3, -0.25) is 4.79 Å². The van der Waals surface area contributed by atoms with Crippen LogP contribution in [0.1, 0.15) is 43.9 Å². The van der Waals surface area contributed by atoms with Crippen molar-refractivity contribution in [3.63, 3.8) is 0 Å². The van der Waals surface area contributed by atoms with Crippen molar-refractivity contribution in [2.45, 2.75) is 39.0 Å². The second-order valence-corrected chi connectivity index (χ2v) is 8.63. The molecular formula is C24H25FN2O2. The Morgan fingerprint density at radius 1 is 1.28 bits per heavy atom. The van der Waals surface area contributed by atoms with Crippen molar-refractivity contribution in [2.24, 2.45) is 17.3 Å². The van der Waals surface area contributed by atoms with Gasteiger partial charge in [0.05, 0.1) is 30.6 Å². The van der Waals surface area contributed by atoms with Crippen LogP contribution in [0.2, 0.25) is 0 Å². The van der Waals surface area contributed by atoms with E-state index >= 15 is 0 Å². The Kier molecular flexibility index (Phi) is 4.23. The molecule has 0 radical (unpaired) electrons. The summed E-state index contributed by atoms with van der Waals surface area (Å²) in [5.74, 6) is -0.0746. The van der Waals surface area contributed by atoms with E-state index in [9.17, 15) is 9.18 Å². The highest BCUT2D eigenvalue weighted by Gasteiger charge is 2.48. The Balaban J connectivity index is 1.54. The molecule has 1 saturated carbocycles. The van der Waals surface area contributed by atoms with Crippen LogP contribution in [-0.2, 0) is 16.0 Å². The molecule has 2 aromatic rings. The predicted octanol–water partition coefficient (Wildman–Crippen LogP) is 4.88. The zero-order valence-electron chi connectivity index (χ0n) is 16.8. The van der Waals surface area contributed by atoms with Gasteiger partial charge in [-0.2, -0.15) is 5.10 Å². The normalized spacial score (nSPS) is 27.8. The number of benzene rings is 1. The van der Waals surface area contributed by atoms with E-state index in [1.165, 1.54) is 36.0 Å². The lowest BCUT2D eigenvalue weighted by Gasteiger charge is -2.48. The molecule has 0 aliphatic heterocycles. The van der Waals surface area contributed by atoms with Crippen LogP contribution in [-0.4, -0.2) is 22.9 Å². The van der Waals surface area contributed by atoms with E-state index in [4.69, 9.17) is 4.74 Å². The summed E-state index contributed by atoms with van der Waals surface area (Å²) in [5, 5.41) is 4.60. The van der Waals surface area contributed by atoms with Gasteiger partial charge < -0.3 is 4.74 Å². The number of methoxy groups -OCH3 is 1. The highest BCUT2D eigenvalue weighted by atomic mass is 19.1. The van der Waals surface area contributed by atoms with Crippen LogP contribution in [0.4, 0.5) is 4.39 Å². The van der Waals surface area contributed by atoms with Crippen molar-refractivity contribution >= 4 is 12.0 Å². The Morgan fingerprint density at radius 2 is 2.07 bits per heavy atom. The lowest BCUT2D eigenvalue weighted by molar-refractivity contribution is -0.147. The molecule has 150 valence electrons. The first-order valence-electron chi connectivity index (χ1n) is 10.3. The van der Waals surface area contributed by atoms with Gasteiger partial charge in [0, 0.05) is 5.41 Å². The highest BCUT2D eigenvalue weighted by molar-refractivity contribution is 5.74. The van der Waals surface area contributed by atoms with Gasteiger partial charge >= 0.3 is 5.97 Å². The molecular weight excluding hydrogens is 367 g/mol. The summed E-state index contributed by atoms with van der Waals surface area (Å²) in [6, 6.07) is 6.45. The summed E-state index contributed by atoms with van der Waals surface area (Å²) in [6.45, 7) is 2.31. The quantitative estimate of drug-likeness (QED) is 0.541. The molecule has 0 saturated heterocycles. The average molecular weight is 392 g/mol. The van der Waals surface area contributed by atoms with Crippen molar-refractivity contribution in [3.05, 3.63) is 64.8 Å². The fraction of sp³-hybridized carbons (Fsp3) is 0.417. The van der Waals surface area contributed by atoms with E-state index in [0.717, 1.165) is 43.5 Å². The summed E-state index contributed by atoms with van der Waals surface area (Å²) < 4.78 is 20.3. The van der Waals surface area contributed by atoms with Gasteiger partial charge in [0.1, 0.15) is 5.82 Å². The number of ether oxygens (including phenoxy) is 1. The number of rotatable bonds is 2. The summed E-state index contributed by atoms with van der Waals surface area (Å²) in [6.07, 6.45) is 11.2. The number of nitrogens with zero attached hydrogens (tertiary/aromatic N) is 2. The van der Waals surface area contributed by atoms with Gasteiger partial charge in [0.15, 0.2) is 0 Å². The maximum absolute atomic E-state index is 13.3. The first kappa shape index (κ1) is 18.3. The third-order valence-corrected chi connectivity index (χ3v) is 7.11. The SMILES string of the molecule is COC(=O)C1CCC=C2C1CCC1=Cc3c(cnn3-c3ccc(F)cc3)C[C@@]12C. The molecule has 1 aromatic heterocycles. The van der Waals surface area contributed by atoms with Crippen molar-refractivity contribution < 1.29 is 13.9 Å². The molecule has 2 unspecified atom stereocenters. The number of aromatic nitrogens is 2. The smallest absolute Gasteiger partial charge is 0.309 e. The lowest BCUT2D eigenvalue weighted by atomic mass is 9.55. The van der Waals surface area contributed by atoms with Crippen LogP contribution in [0.25, 0.3) is 11.8 Å². The first-order chi connectivity index (χ1) is 14.0. The van der Waals surface area contributed by atoms with Gasteiger partial charge in [-0.1, -0.05) is 24.1 Å². The number of fused-ring (bicyclic) bond motifs is 4. The largest absolute Gasteiger partial charge is 0.469 e. The Hall–Kier alpha value is -2.69. The Labute approximate surface area is 170 Å². The maximum atomic E-state index is 13.3. The van der Waals surface area contributed by atoms with E-state index in [0.29, 0.717) is 0 Å². The van der Waals surface area contributed by atoms with Gasteiger partial charge in [-0.05, 0) is 73.9 Å². The molecule has 4 nitrogen and oxygen atoms in total. The van der Waals surface area contributed by atoms with Crippen molar-refractivity contribution in [1.82, 2.24) is 9.78 Å². The maximum Gasteiger partial charge on any atom is 0.309 e. The van der Waals surface area contributed by atoms with E-state index in [-0.39, 0.29) is 29.0 Å². The minimum Gasteiger partial charge on any atom is -0.469 e. The molecule has 1 aromatic carbocycles. The van der Waals surface area contributed by atoms with Gasteiger partial charge in [-0.25, -0.2) is 9.07 Å². The molecule has 0 spiro atoms. The monoisotopic (exact) mass is 392 g/mol. The molecule has 0 bridgehead atoms.